The summed E-state index contributed by atoms with van der Waals surface area (Å²) in [4.78, 5) is 2.57. The van der Waals surface area contributed by atoms with Gasteiger partial charge in [0, 0.05) is 24.5 Å². The number of likely N-dealkylation sites (N-methyl/N-ethyl adjacent to an activating group) is 1. The summed E-state index contributed by atoms with van der Waals surface area (Å²) in [7, 11) is 2.29. The van der Waals surface area contributed by atoms with Crippen LogP contribution in [0.4, 0.5) is 0 Å². The van der Waals surface area contributed by atoms with Gasteiger partial charge in [-0.25, -0.2) is 0 Å². The number of nitrogens with one attached hydrogen (secondary N) is 1. The van der Waals surface area contributed by atoms with Crippen molar-refractivity contribution in [1.82, 2.24) is 10.2 Å². The maximum atomic E-state index is 5.60. The third kappa shape index (κ3) is 2.96. The van der Waals surface area contributed by atoms with E-state index < -0.39 is 0 Å². The molecule has 0 aromatic rings. The van der Waals surface area contributed by atoms with Gasteiger partial charge in [0.2, 0.25) is 0 Å². The van der Waals surface area contributed by atoms with Crippen LogP contribution < -0.4 is 5.32 Å². The van der Waals surface area contributed by atoms with Crippen LogP contribution in [0.5, 0.6) is 0 Å². The van der Waals surface area contributed by atoms with Gasteiger partial charge in [-0.3, -0.25) is 0 Å². The molecule has 94 valence electrons. The molecule has 3 heteroatoms. The topological polar surface area (TPSA) is 24.5 Å². The molecule has 0 radical (unpaired) electrons. The molecule has 0 amide bonds. The Balaban J connectivity index is 1.78. The fraction of sp³-hybridized carbons (Fsp3) is 1.00. The lowest BCUT2D eigenvalue weighted by Gasteiger charge is -2.29. The number of rotatable bonds is 5. The molecule has 0 spiro atoms. The van der Waals surface area contributed by atoms with E-state index in [2.05, 4.69) is 24.2 Å². The zero-order chi connectivity index (χ0) is 11.4. The molecule has 1 heterocycles. The number of nitrogens with zero attached hydrogens (tertiary/aromatic N) is 1. The molecule has 3 nitrogen and oxygen atoms in total. The van der Waals surface area contributed by atoms with Gasteiger partial charge < -0.3 is 15.0 Å². The van der Waals surface area contributed by atoms with Crippen LogP contribution in [0, 0.1) is 5.92 Å². The lowest BCUT2D eigenvalue weighted by molar-refractivity contribution is 0.161. The van der Waals surface area contributed by atoms with E-state index in [0.29, 0.717) is 12.0 Å². The van der Waals surface area contributed by atoms with E-state index in [1.807, 2.05) is 0 Å². The van der Waals surface area contributed by atoms with Crippen molar-refractivity contribution in [1.29, 1.82) is 0 Å². The standard InChI is InChI=1S/C13H26N2O/c1-3-14-13-10-16-9-11(13)8-15(2)12-6-4-5-7-12/h11-14H,3-10H2,1-2H3. The normalized spacial score (nSPS) is 31.7. The summed E-state index contributed by atoms with van der Waals surface area (Å²) >= 11 is 0. The second-order valence-electron chi connectivity index (χ2n) is 5.34. The quantitative estimate of drug-likeness (QED) is 0.768. The second-order valence-corrected chi connectivity index (χ2v) is 5.34. The first-order valence-electron chi connectivity index (χ1n) is 6.82. The predicted octanol–water partition coefficient (Wildman–Crippen LogP) is 1.49. The summed E-state index contributed by atoms with van der Waals surface area (Å²) in [6.45, 7) is 6.27. The highest BCUT2D eigenvalue weighted by atomic mass is 16.5. The van der Waals surface area contributed by atoms with E-state index in [1.165, 1.54) is 32.2 Å². The van der Waals surface area contributed by atoms with Crippen LogP contribution in [0.15, 0.2) is 0 Å². The van der Waals surface area contributed by atoms with E-state index in [4.69, 9.17) is 4.74 Å². The minimum atomic E-state index is 0.578. The molecule has 2 unspecified atom stereocenters. The van der Waals surface area contributed by atoms with Crippen LogP contribution in [0.1, 0.15) is 32.6 Å². The van der Waals surface area contributed by atoms with E-state index in [9.17, 15) is 0 Å². The SMILES string of the molecule is CCNC1COCC1CN(C)C1CCCC1. The molecule has 2 fully saturated rings. The van der Waals surface area contributed by atoms with Crippen LogP contribution >= 0.6 is 0 Å². The predicted molar refractivity (Wildman–Crippen MR) is 66.7 cm³/mol. The van der Waals surface area contributed by atoms with Crippen molar-refractivity contribution in [3.05, 3.63) is 0 Å². The first kappa shape index (κ1) is 12.3. The third-order valence-electron chi connectivity index (χ3n) is 4.14. The molecule has 1 aliphatic carbocycles. The van der Waals surface area contributed by atoms with Crippen molar-refractivity contribution in [2.45, 2.75) is 44.7 Å². The van der Waals surface area contributed by atoms with Crippen molar-refractivity contribution < 1.29 is 4.74 Å². The fourth-order valence-corrected chi connectivity index (χ4v) is 3.13. The van der Waals surface area contributed by atoms with Crippen LogP contribution in [0.25, 0.3) is 0 Å². The van der Waals surface area contributed by atoms with Crippen LogP contribution in [-0.2, 0) is 4.74 Å². The highest BCUT2D eigenvalue weighted by Gasteiger charge is 2.30. The second kappa shape index (κ2) is 5.99. The highest BCUT2D eigenvalue weighted by molar-refractivity contribution is 4.85. The van der Waals surface area contributed by atoms with Crippen molar-refractivity contribution in [2.75, 3.05) is 33.4 Å². The van der Waals surface area contributed by atoms with Gasteiger partial charge in [0.15, 0.2) is 0 Å². The van der Waals surface area contributed by atoms with Gasteiger partial charge in [-0.2, -0.15) is 0 Å². The number of hydrogen-bond acceptors (Lipinski definition) is 3. The van der Waals surface area contributed by atoms with E-state index in [-0.39, 0.29) is 0 Å². The maximum Gasteiger partial charge on any atom is 0.0623 e. The average molecular weight is 226 g/mol. The molecule has 1 N–H and O–H groups in total. The number of ether oxygens (including phenoxy) is 1. The lowest BCUT2D eigenvalue weighted by atomic mass is 10.0. The Hall–Kier alpha value is -0.120. The Bertz CT molecular complexity index is 204. The maximum absolute atomic E-state index is 5.60. The van der Waals surface area contributed by atoms with Crippen LogP contribution in [0.2, 0.25) is 0 Å². The molecule has 1 aliphatic heterocycles. The van der Waals surface area contributed by atoms with E-state index in [0.717, 1.165) is 25.8 Å². The van der Waals surface area contributed by atoms with E-state index in [1.54, 1.807) is 0 Å². The first-order valence-corrected chi connectivity index (χ1v) is 6.82. The Morgan fingerprint density at radius 1 is 1.25 bits per heavy atom. The summed E-state index contributed by atoms with van der Waals surface area (Å²) in [5.41, 5.74) is 0. The summed E-state index contributed by atoms with van der Waals surface area (Å²) in [5.74, 6) is 0.686. The smallest absolute Gasteiger partial charge is 0.0623 e. The Morgan fingerprint density at radius 2 is 2.00 bits per heavy atom. The molecule has 1 saturated carbocycles. The molecule has 0 bridgehead atoms. The summed E-state index contributed by atoms with van der Waals surface area (Å²) < 4.78 is 5.60. The summed E-state index contributed by atoms with van der Waals surface area (Å²) in [6, 6.07) is 1.41. The molecule has 0 aromatic carbocycles. The molecule has 2 atom stereocenters. The molecular weight excluding hydrogens is 200 g/mol. The van der Waals surface area contributed by atoms with E-state index >= 15 is 0 Å². The van der Waals surface area contributed by atoms with Crippen LogP contribution in [0.3, 0.4) is 0 Å². The molecular formula is C13H26N2O. The zero-order valence-electron chi connectivity index (χ0n) is 10.7. The Labute approximate surface area is 99.5 Å². The first-order chi connectivity index (χ1) is 7.81. The number of hydrogen-bond donors (Lipinski definition) is 1. The van der Waals surface area contributed by atoms with Gasteiger partial charge in [-0.15, -0.1) is 0 Å². The zero-order valence-corrected chi connectivity index (χ0v) is 10.7. The summed E-state index contributed by atoms with van der Waals surface area (Å²) in [6.07, 6.45) is 5.64. The molecule has 2 rings (SSSR count). The molecule has 2 aliphatic rings. The minimum absolute atomic E-state index is 0.578. The van der Waals surface area contributed by atoms with Crippen molar-refractivity contribution in [3.63, 3.8) is 0 Å². The average Bonchev–Trinajstić information content (AvgIpc) is 2.90. The lowest BCUT2D eigenvalue weighted by Crippen LogP contribution is -2.42. The van der Waals surface area contributed by atoms with Crippen molar-refractivity contribution in [3.8, 4) is 0 Å². The Kier molecular flexibility index (Phi) is 4.62. The van der Waals surface area contributed by atoms with Crippen molar-refractivity contribution in [2.24, 2.45) is 5.92 Å². The molecule has 0 aromatic heterocycles. The van der Waals surface area contributed by atoms with Gasteiger partial charge in [0.1, 0.15) is 0 Å². The van der Waals surface area contributed by atoms with Gasteiger partial charge >= 0.3 is 0 Å². The largest absolute Gasteiger partial charge is 0.379 e. The summed E-state index contributed by atoms with van der Waals surface area (Å²) in [5, 5.41) is 3.54. The monoisotopic (exact) mass is 226 g/mol. The molecule has 16 heavy (non-hydrogen) atoms. The minimum Gasteiger partial charge on any atom is -0.379 e. The fourth-order valence-electron chi connectivity index (χ4n) is 3.13. The third-order valence-corrected chi connectivity index (χ3v) is 4.14. The van der Waals surface area contributed by atoms with Gasteiger partial charge in [0.25, 0.3) is 0 Å². The van der Waals surface area contributed by atoms with Gasteiger partial charge in [-0.05, 0) is 26.4 Å². The Morgan fingerprint density at radius 3 is 2.69 bits per heavy atom. The van der Waals surface area contributed by atoms with Crippen LogP contribution in [-0.4, -0.2) is 50.3 Å². The highest BCUT2D eigenvalue weighted by Crippen LogP contribution is 2.24. The van der Waals surface area contributed by atoms with Gasteiger partial charge in [-0.1, -0.05) is 19.8 Å². The van der Waals surface area contributed by atoms with Crippen molar-refractivity contribution >= 4 is 0 Å². The molecule has 1 saturated heterocycles. The van der Waals surface area contributed by atoms with Gasteiger partial charge in [0.05, 0.1) is 13.2 Å².